The second kappa shape index (κ2) is 3.56. The Morgan fingerprint density at radius 1 is 1.64 bits per heavy atom. The molecule has 1 atom stereocenters. The van der Waals surface area contributed by atoms with Gasteiger partial charge < -0.3 is 4.74 Å². The summed E-state index contributed by atoms with van der Waals surface area (Å²) in [4.78, 5) is 11.0. The highest BCUT2D eigenvalue weighted by molar-refractivity contribution is 5.90. The molecular weight excluding hydrogens is 140 g/mol. The molecule has 0 saturated heterocycles. The van der Waals surface area contributed by atoms with Crippen LogP contribution in [0.3, 0.4) is 0 Å². The van der Waals surface area contributed by atoms with Crippen molar-refractivity contribution < 1.29 is 9.53 Å². The van der Waals surface area contributed by atoms with Gasteiger partial charge in [0.1, 0.15) is 6.10 Å². The molecular formula is C9H14O2. The maximum atomic E-state index is 11.0. The molecule has 0 saturated carbocycles. The van der Waals surface area contributed by atoms with Gasteiger partial charge in [0.2, 0.25) is 0 Å². The summed E-state index contributed by atoms with van der Waals surface area (Å²) >= 11 is 0. The quantitative estimate of drug-likeness (QED) is 0.581. The van der Waals surface area contributed by atoms with Crippen LogP contribution in [-0.2, 0) is 9.53 Å². The van der Waals surface area contributed by atoms with Crippen molar-refractivity contribution in [1.82, 2.24) is 0 Å². The first-order valence-corrected chi connectivity index (χ1v) is 4.15. The lowest BCUT2D eigenvalue weighted by atomic mass is 10.1. The average Bonchev–Trinajstić information content (AvgIpc) is 2.26. The molecule has 62 valence electrons. The number of carbonyl (C=O) groups excluding carboxylic acids is 1. The maximum Gasteiger partial charge on any atom is 0.334 e. The average molecular weight is 154 g/mol. The molecule has 0 N–H and O–H groups in total. The van der Waals surface area contributed by atoms with E-state index < -0.39 is 0 Å². The summed E-state index contributed by atoms with van der Waals surface area (Å²) in [5.74, 6) is -0.119. The van der Waals surface area contributed by atoms with Crippen molar-refractivity contribution >= 4 is 5.97 Å². The summed E-state index contributed by atoms with van der Waals surface area (Å²) in [6.45, 7) is 4.00. The third-order valence-electron chi connectivity index (χ3n) is 1.79. The second-order valence-electron chi connectivity index (χ2n) is 2.91. The Bertz CT molecular complexity index is 182. The molecule has 0 aromatic carbocycles. The van der Waals surface area contributed by atoms with Gasteiger partial charge in [-0.05, 0) is 25.8 Å². The Hall–Kier alpha value is -0.790. The Morgan fingerprint density at radius 2 is 2.36 bits per heavy atom. The van der Waals surface area contributed by atoms with Crippen LogP contribution < -0.4 is 0 Å². The fraction of sp³-hybridized carbons (Fsp3) is 0.667. The lowest BCUT2D eigenvalue weighted by molar-refractivity contribution is -0.139. The van der Waals surface area contributed by atoms with Crippen LogP contribution in [-0.4, -0.2) is 12.1 Å². The van der Waals surface area contributed by atoms with E-state index in [1.54, 1.807) is 0 Å². The van der Waals surface area contributed by atoms with E-state index in [1.807, 2.05) is 13.0 Å². The first-order chi connectivity index (χ1) is 5.24. The Kier molecular flexibility index (Phi) is 2.69. The van der Waals surface area contributed by atoms with E-state index in [4.69, 9.17) is 4.74 Å². The largest absolute Gasteiger partial charge is 0.455 e. The monoisotopic (exact) mass is 154 g/mol. The van der Waals surface area contributed by atoms with Gasteiger partial charge in [-0.2, -0.15) is 0 Å². The maximum absolute atomic E-state index is 11.0. The predicted octanol–water partition coefficient (Wildman–Crippen LogP) is 2.05. The standard InChI is InChI=1S/C9H14O2/c1-3-4-5-8-6-7(2)11-9(8)10/h6-7H,3-5H2,1-2H3/t7-/m0/s1. The molecule has 11 heavy (non-hydrogen) atoms. The highest BCUT2D eigenvalue weighted by Gasteiger charge is 2.20. The van der Waals surface area contributed by atoms with E-state index >= 15 is 0 Å². The molecule has 1 aliphatic heterocycles. The van der Waals surface area contributed by atoms with Crippen LogP contribution in [0.25, 0.3) is 0 Å². The van der Waals surface area contributed by atoms with E-state index in [0.717, 1.165) is 24.8 Å². The highest BCUT2D eigenvalue weighted by Crippen LogP contribution is 2.18. The van der Waals surface area contributed by atoms with Gasteiger partial charge in [-0.3, -0.25) is 0 Å². The molecule has 0 aromatic rings. The van der Waals surface area contributed by atoms with Crippen LogP contribution >= 0.6 is 0 Å². The number of carbonyl (C=O) groups is 1. The van der Waals surface area contributed by atoms with E-state index in [9.17, 15) is 4.79 Å². The van der Waals surface area contributed by atoms with Gasteiger partial charge in [0.15, 0.2) is 0 Å². The number of hydrogen-bond acceptors (Lipinski definition) is 2. The van der Waals surface area contributed by atoms with Crippen molar-refractivity contribution in [3.05, 3.63) is 11.6 Å². The second-order valence-corrected chi connectivity index (χ2v) is 2.91. The van der Waals surface area contributed by atoms with Crippen LogP contribution in [0.2, 0.25) is 0 Å². The van der Waals surface area contributed by atoms with Gasteiger partial charge in [0.05, 0.1) is 0 Å². The molecule has 1 heterocycles. The fourth-order valence-electron chi connectivity index (χ4n) is 1.18. The summed E-state index contributed by atoms with van der Waals surface area (Å²) in [7, 11) is 0. The summed E-state index contributed by atoms with van der Waals surface area (Å²) in [6, 6.07) is 0. The Labute approximate surface area is 67.2 Å². The highest BCUT2D eigenvalue weighted by atomic mass is 16.5. The zero-order valence-corrected chi connectivity index (χ0v) is 7.09. The molecule has 2 heteroatoms. The number of ether oxygens (including phenoxy) is 1. The molecule has 0 unspecified atom stereocenters. The van der Waals surface area contributed by atoms with Gasteiger partial charge in [-0.1, -0.05) is 13.3 Å². The first-order valence-electron chi connectivity index (χ1n) is 4.15. The van der Waals surface area contributed by atoms with Gasteiger partial charge in [-0.25, -0.2) is 4.79 Å². The van der Waals surface area contributed by atoms with Gasteiger partial charge >= 0.3 is 5.97 Å². The van der Waals surface area contributed by atoms with Crippen molar-refractivity contribution in [3.63, 3.8) is 0 Å². The van der Waals surface area contributed by atoms with E-state index in [-0.39, 0.29) is 12.1 Å². The zero-order valence-electron chi connectivity index (χ0n) is 7.09. The smallest absolute Gasteiger partial charge is 0.334 e. The molecule has 1 rings (SSSR count). The third kappa shape index (κ3) is 2.07. The Balaban J connectivity index is 2.43. The summed E-state index contributed by atoms with van der Waals surface area (Å²) in [5.41, 5.74) is 0.861. The van der Waals surface area contributed by atoms with Crippen molar-refractivity contribution in [2.24, 2.45) is 0 Å². The molecule has 2 nitrogen and oxygen atoms in total. The summed E-state index contributed by atoms with van der Waals surface area (Å²) < 4.78 is 4.94. The summed E-state index contributed by atoms with van der Waals surface area (Å²) in [6.07, 6.45) is 4.99. The lowest BCUT2D eigenvalue weighted by Crippen LogP contribution is -2.03. The number of unbranched alkanes of at least 4 members (excludes halogenated alkanes) is 1. The molecule has 1 aliphatic rings. The van der Waals surface area contributed by atoms with Crippen LogP contribution in [0, 0.1) is 0 Å². The molecule has 0 bridgehead atoms. The van der Waals surface area contributed by atoms with E-state index in [0.29, 0.717) is 0 Å². The van der Waals surface area contributed by atoms with Crippen molar-refractivity contribution in [2.75, 3.05) is 0 Å². The number of cyclic esters (lactones) is 1. The molecule has 0 aromatic heterocycles. The number of rotatable bonds is 3. The van der Waals surface area contributed by atoms with Gasteiger partial charge in [0, 0.05) is 5.57 Å². The Morgan fingerprint density at radius 3 is 2.82 bits per heavy atom. The fourth-order valence-corrected chi connectivity index (χ4v) is 1.18. The minimum atomic E-state index is -0.119. The number of hydrogen-bond donors (Lipinski definition) is 0. The van der Waals surface area contributed by atoms with Crippen molar-refractivity contribution in [1.29, 1.82) is 0 Å². The molecule has 0 radical (unpaired) electrons. The van der Waals surface area contributed by atoms with Crippen LogP contribution in [0.5, 0.6) is 0 Å². The van der Waals surface area contributed by atoms with Crippen molar-refractivity contribution in [3.8, 4) is 0 Å². The van der Waals surface area contributed by atoms with Crippen LogP contribution in [0.1, 0.15) is 33.1 Å². The minimum Gasteiger partial charge on any atom is -0.455 e. The van der Waals surface area contributed by atoms with Crippen LogP contribution in [0.15, 0.2) is 11.6 Å². The molecule has 0 amide bonds. The van der Waals surface area contributed by atoms with Gasteiger partial charge in [-0.15, -0.1) is 0 Å². The normalized spacial score (nSPS) is 23.3. The van der Waals surface area contributed by atoms with E-state index in [1.165, 1.54) is 0 Å². The lowest BCUT2D eigenvalue weighted by Gasteiger charge is -1.98. The summed E-state index contributed by atoms with van der Waals surface area (Å²) in [5, 5.41) is 0. The van der Waals surface area contributed by atoms with Crippen molar-refractivity contribution in [2.45, 2.75) is 39.2 Å². The topological polar surface area (TPSA) is 26.3 Å². The zero-order chi connectivity index (χ0) is 8.27. The predicted molar refractivity (Wildman–Crippen MR) is 43.2 cm³/mol. The van der Waals surface area contributed by atoms with Gasteiger partial charge in [0.25, 0.3) is 0 Å². The third-order valence-corrected chi connectivity index (χ3v) is 1.79. The molecule has 0 aliphatic carbocycles. The molecule has 0 spiro atoms. The SMILES string of the molecule is CCCCC1=C[C@H](C)OC1=O. The van der Waals surface area contributed by atoms with E-state index in [2.05, 4.69) is 6.92 Å². The minimum absolute atomic E-state index is 0.00523. The number of esters is 1. The molecule has 0 fully saturated rings. The van der Waals surface area contributed by atoms with Crippen LogP contribution in [0.4, 0.5) is 0 Å². The first kappa shape index (κ1) is 8.31.